The minimum Gasteiger partial charge on any atom is -0.450 e. The Bertz CT molecular complexity index is 601. The molecule has 172 valence electrons. The maximum atomic E-state index is 12.6. The molecule has 0 N–H and O–H groups in total. The van der Waals surface area contributed by atoms with E-state index < -0.39 is 12.6 Å². The van der Waals surface area contributed by atoms with Crippen LogP contribution < -0.4 is 0 Å². The summed E-state index contributed by atoms with van der Waals surface area (Å²) in [6.07, 6.45) is 2.78. The summed E-state index contributed by atoms with van der Waals surface area (Å²) in [5.74, 6) is 0.539. The van der Waals surface area contributed by atoms with Gasteiger partial charge in [-0.15, -0.1) is 0 Å². The van der Waals surface area contributed by atoms with Gasteiger partial charge in [-0.25, -0.2) is 4.79 Å². The molecule has 1 atom stereocenters. The van der Waals surface area contributed by atoms with Crippen molar-refractivity contribution in [3.8, 4) is 0 Å². The molecule has 0 aromatic heterocycles. The van der Waals surface area contributed by atoms with E-state index in [0.29, 0.717) is 24.6 Å². The van der Waals surface area contributed by atoms with Crippen molar-refractivity contribution >= 4 is 6.09 Å². The van der Waals surface area contributed by atoms with E-state index >= 15 is 0 Å². The second-order valence-corrected chi connectivity index (χ2v) is 9.92. The molecule has 1 saturated carbocycles. The average molecular weight is 432 g/mol. The Hall–Kier alpha value is -1.02. The molecule has 8 heteroatoms. The van der Waals surface area contributed by atoms with Gasteiger partial charge in [0.05, 0.1) is 13.0 Å². The Kier molecular flexibility index (Phi) is 6.54. The zero-order chi connectivity index (χ0) is 21.4. The van der Waals surface area contributed by atoms with Crippen molar-refractivity contribution in [2.75, 3.05) is 45.9 Å². The summed E-state index contributed by atoms with van der Waals surface area (Å²) in [4.78, 5) is 18.5. The van der Waals surface area contributed by atoms with Crippen LogP contribution in [0.1, 0.15) is 58.3 Å². The van der Waals surface area contributed by atoms with E-state index in [1.54, 1.807) is 0 Å². The number of piperidine rings is 1. The van der Waals surface area contributed by atoms with Gasteiger partial charge < -0.3 is 14.5 Å². The van der Waals surface area contributed by atoms with Gasteiger partial charge in [-0.2, -0.15) is 13.2 Å². The van der Waals surface area contributed by atoms with Gasteiger partial charge in [0, 0.05) is 31.7 Å². The molecular weight excluding hydrogens is 395 g/mol. The van der Waals surface area contributed by atoms with Crippen LogP contribution in [-0.4, -0.2) is 84.9 Å². The molecular formula is C22H36F3N3O2. The van der Waals surface area contributed by atoms with Crippen molar-refractivity contribution < 1.29 is 22.7 Å². The first kappa shape index (κ1) is 22.2. The highest BCUT2D eigenvalue weighted by Crippen LogP contribution is 2.51. The van der Waals surface area contributed by atoms with E-state index in [-0.39, 0.29) is 18.1 Å². The van der Waals surface area contributed by atoms with Crippen molar-refractivity contribution in [2.24, 2.45) is 11.3 Å². The van der Waals surface area contributed by atoms with E-state index in [0.717, 1.165) is 77.7 Å². The van der Waals surface area contributed by atoms with Gasteiger partial charge in [0.2, 0.25) is 0 Å². The normalized spacial score (nSPS) is 33.9. The first-order valence-electron chi connectivity index (χ1n) is 11.8. The number of carbonyl (C=O) groups excluding carboxylic acids is 1. The molecule has 5 nitrogen and oxygen atoms in total. The molecule has 4 aliphatic rings. The van der Waals surface area contributed by atoms with Crippen LogP contribution in [0.15, 0.2) is 0 Å². The molecule has 3 heterocycles. The van der Waals surface area contributed by atoms with E-state index in [9.17, 15) is 18.0 Å². The number of ether oxygens (including phenoxy) is 1. The SMILES string of the molecule is CCOC(=O)N1CCC2(CC(N3CCC(C4CCCN4CCC(F)(F)F)CC3)C2)C1. The van der Waals surface area contributed by atoms with Crippen molar-refractivity contribution in [1.82, 2.24) is 14.7 Å². The van der Waals surface area contributed by atoms with Crippen molar-refractivity contribution in [3.63, 3.8) is 0 Å². The van der Waals surface area contributed by atoms with E-state index in [1.807, 2.05) is 11.8 Å². The third-order valence-electron chi connectivity index (χ3n) is 8.03. The number of hydrogen-bond donors (Lipinski definition) is 0. The lowest BCUT2D eigenvalue weighted by Crippen LogP contribution is -2.55. The Balaban J connectivity index is 1.20. The van der Waals surface area contributed by atoms with Gasteiger partial charge in [0.15, 0.2) is 0 Å². The Morgan fingerprint density at radius 3 is 2.50 bits per heavy atom. The third kappa shape index (κ3) is 4.90. The smallest absolute Gasteiger partial charge is 0.409 e. The number of alkyl halides is 3. The highest BCUT2D eigenvalue weighted by Gasteiger charge is 2.51. The Morgan fingerprint density at radius 2 is 1.83 bits per heavy atom. The number of halogens is 3. The van der Waals surface area contributed by atoms with Crippen molar-refractivity contribution in [2.45, 2.75) is 76.6 Å². The second-order valence-electron chi connectivity index (χ2n) is 9.92. The molecule has 1 amide bonds. The number of nitrogens with zero attached hydrogens (tertiary/aromatic N) is 3. The van der Waals surface area contributed by atoms with E-state index in [2.05, 4.69) is 9.80 Å². The van der Waals surface area contributed by atoms with Gasteiger partial charge in [-0.05, 0) is 82.8 Å². The highest BCUT2D eigenvalue weighted by molar-refractivity contribution is 5.68. The summed E-state index contributed by atoms with van der Waals surface area (Å²) >= 11 is 0. The molecule has 1 unspecified atom stereocenters. The molecule has 0 bridgehead atoms. The van der Waals surface area contributed by atoms with Gasteiger partial charge in [-0.3, -0.25) is 4.90 Å². The number of hydrogen-bond acceptors (Lipinski definition) is 4. The predicted octanol–water partition coefficient (Wildman–Crippen LogP) is 4.13. The summed E-state index contributed by atoms with van der Waals surface area (Å²) < 4.78 is 43.0. The first-order valence-corrected chi connectivity index (χ1v) is 11.8. The molecule has 0 aromatic carbocycles. The van der Waals surface area contributed by atoms with Crippen molar-refractivity contribution in [3.05, 3.63) is 0 Å². The maximum Gasteiger partial charge on any atom is 0.409 e. The zero-order valence-electron chi connectivity index (χ0n) is 18.1. The monoisotopic (exact) mass is 431 g/mol. The van der Waals surface area contributed by atoms with Gasteiger partial charge >= 0.3 is 12.3 Å². The fraction of sp³-hybridized carbons (Fsp3) is 0.955. The molecule has 30 heavy (non-hydrogen) atoms. The summed E-state index contributed by atoms with van der Waals surface area (Å²) in [5.41, 5.74) is 0.286. The number of likely N-dealkylation sites (tertiary alicyclic amines) is 3. The quantitative estimate of drug-likeness (QED) is 0.656. The molecule has 1 spiro atoms. The summed E-state index contributed by atoms with van der Waals surface area (Å²) in [6.45, 7) is 7.02. The second kappa shape index (κ2) is 8.85. The molecule has 3 aliphatic heterocycles. The lowest BCUT2D eigenvalue weighted by atomic mass is 9.64. The molecule has 1 aliphatic carbocycles. The van der Waals surface area contributed by atoms with Crippen molar-refractivity contribution in [1.29, 1.82) is 0 Å². The Morgan fingerprint density at radius 1 is 1.10 bits per heavy atom. The van der Waals surface area contributed by atoms with Gasteiger partial charge in [0.25, 0.3) is 0 Å². The maximum absolute atomic E-state index is 12.6. The number of amides is 1. The number of rotatable bonds is 5. The van der Waals surface area contributed by atoms with Crippen LogP contribution in [-0.2, 0) is 4.74 Å². The summed E-state index contributed by atoms with van der Waals surface area (Å²) in [7, 11) is 0. The summed E-state index contributed by atoms with van der Waals surface area (Å²) in [6, 6.07) is 0.952. The van der Waals surface area contributed by atoms with Crippen LogP contribution in [0.3, 0.4) is 0 Å². The molecule has 0 radical (unpaired) electrons. The third-order valence-corrected chi connectivity index (χ3v) is 8.03. The molecule has 4 rings (SSSR count). The highest BCUT2D eigenvalue weighted by atomic mass is 19.4. The minimum atomic E-state index is -4.06. The Labute approximate surface area is 177 Å². The fourth-order valence-electron chi connectivity index (χ4n) is 6.44. The van der Waals surface area contributed by atoms with Crippen LogP contribution >= 0.6 is 0 Å². The zero-order valence-corrected chi connectivity index (χ0v) is 18.1. The van der Waals surface area contributed by atoms with Crippen LogP contribution in [0.25, 0.3) is 0 Å². The minimum absolute atomic E-state index is 0.163. The number of carbonyl (C=O) groups is 1. The van der Waals surface area contributed by atoms with Crippen LogP contribution in [0, 0.1) is 11.3 Å². The topological polar surface area (TPSA) is 36.0 Å². The molecule has 3 saturated heterocycles. The largest absolute Gasteiger partial charge is 0.450 e. The van der Waals surface area contributed by atoms with Crippen LogP contribution in [0.5, 0.6) is 0 Å². The molecule has 4 fully saturated rings. The first-order chi connectivity index (χ1) is 14.3. The lowest BCUT2D eigenvalue weighted by Gasteiger charge is -2.52. The predicted molar refractivity (Wildman–Crippen MR) is 108 cm³/mol. The van der Waals surface area contributed by atoms with Gasteiger partial charge in [0.1, 0.15) is 0 Å². The van der Waals surface area contributed by atoms with E-state index in [1.165, 1.54) is 0 Å². The average Bonchev–Trinajstić information content (AvgIpc) is 3.32. The van der Waals surface area contributed by atoms with Crippen LogP contribution in [0.4, 0.5) is 18.0 Å². The van der Waals surface area contributed by atoms with Gasteiger partial charge in [-0.1, -0.05) is 0 Å². The van der Waals surface area contributed by atoms with E-state index in [4.69, 9.17) is 4.74 Å². The fourth-order valence-corrected chi connectivity index (χ4v) is 6.44. The summed E-state index contributed by atoms with van der Waals surface area (Å²) in [5, 5.41) is 0. The standard InChI is InChI=1S/C22H36F3N3O2/c1-2-30-20(29)28-12-7-21(16-28)14-18(15-21)26-10-5-17(6-11-26)19-4-3-9-27(19)13-8-22(23,24)25/h17-19H,2-16H2,1H3. The molecule has 0 aromatic rings. The lowest BCUT2D eigenvalue weighted by molar-refractivity contribution is -0.139. The van der Waals surface area contributed by atoms with Crippen LogP contribution in [0.2, 0.25) is 0 Å².